The first-order valence-electron chi connectivity index (χ1n) is 11.9. The zero-order chi connectivity index (χ0) is 24.7. The SMILES string of the molecule is CC[C@@H](C(=O)NC(C)(C)C)N(Cc1cccc(OC)c1)C(=O)CCc1cccc2ccccc12. The lowest BCUT2D eigenvalue weighted by molar-refractivity contribution is -0.142. The fraction of sp³-hybridized carbons (Fsp3) is 0.379. The number of benzene rings is 3. The number of nitrogens with one attached hydrogen (secondary N) is 1. The van der Waals surface area contributed by atoms with E-state index in [9.17, 15) is 9.59 Å². The van der Waals surface area contributed by atoms with Crippen molar-refractivity contribution in [2.24, 2.45) is 0 Å². The van der Waals surface area contributed by atoms with Crippen LogP contribution in [0.3, 0.4) is 0 Å². The van der Waals surface area contributed by atoms with E-state index in [1.807, 2.05) is 70.2 Å². The molecule has 1 atom stereocenters. The smallest absolute Gasteiger partial charge is 0.243 e. The first kappa shape index (κ1) is 25.3. The molecule has 5 nitrogen and oxygen atoms in total. The lowest BCUT2D eigenvalue weighted by atomic mass is 10.00. The van der Waals surface area contributed by atoms with Gasteiger partial charge in [0.25, 0.3) is 0 Å². The molecule has 3 aromatic rings. The first-order chi connectivity index (χ1) is 16.2. The van der Waals surface area contributed by atoms with Gasteiger partial charge in [0.15, 0.2) is 0 Å². The molecular formula is C29H36N2O3. The minimum absolute atomic E-state index is 0.0355. The number of hydrogen-bond donors (Lipinski definition) is 1. The number of fused-ring (bicyclic) bond motifs is 1. The summed E-state index contributed by atoms with van der Waals surface area (Å²) in [5.41, 5.74) is 1.69. The van der Waals surface area contributed by atoms with Crippen LogP contribution in [0.4, 0.5) is 0 Å². The van der Waals surface area contributed by atoms with Crippen LogP contribution in [0.1, 0.15) is 51.7 Å². The summed E-state index contributed by atoms with van der Waals surface area (Å²) < 4.78 is 5.36. The summed E-state index contributed by atoms with van der Waals surface area (Å²) >= 11 is 0. The number of amides is 2. The molecule has 0 bridgehead atoms. The summed E-state index contributed by atoms with van der Waals surface area (Å²) in [4.78, 5) is 28.5. The lowest BCUT2D eigenvalue weighted by Crippen LogP contribution is -2.53. The Bertz CT molecular complexity index is 1130. The molecule has 0 radical (unpaired) electrons. The van der Waals surface area contributed by atoms with Gasteiger partial charge >= 0.3 is 0 Å². The van der Waals surface area contributed by atoms with Gasteiger partial charge in [-0.15, -0.1) is 0 Å². The third kappa shape index (κ3) is 6.60. The Labute approximate surface area is 203 Å². The molecule has 180 valence electrons. The zero-order valence-electron chi connectivity index (χ0n) is 20.9. The van der Waals surface area contributed by atoms with Gasteiger partial charge in [0.1, 0.15) is 11.8 Å². The number of hydrogen-bond acceptors (Lipinski definition) is 3. The summed E-state index contributed by atoms with van der Waals surface area (Å²) in [6.45, 7) is 8.15. The minimum Gasteiger partial charge on any atom is -0.497 e. The molecule has 0 unspecified atom stereocenters. The maximum Gasteiger partial charge on any atom is 0.243 e. The Morgan fingerprint density at radius 3 is 2.41 bits per heavy atom. The average molecular weight is 461 g/mol. The highest BCUT2D eigenvalue weighted by molar-refractivity contribution is 5.89. The molecule has 0 aliphatic rings. The number of ether oxygens (including phenoxy) is 1. The van der Waals surface area contributed by atoms with Crippen molar-refractivity contribution in [2.45, 2.75) is 65.1 Å². The Hall–Kier alpha value is -3.34. The van der Waals surface area contributed by atoms with Crippen LogP contribution in [-0.2, 0) is 22.6 Å². The molecule has 0 saturated heterocycles. The molecule has 3 aromatic carbocycles. The van der Waals surface area contributed by atoms with Crippen LogP contribution in [0.2, 0.25) is 0 Å². The summed E-state index contributed by atoms with van der Waals surface area (Å²) in [5.74, 6) is 0.566. The average Bonchev–Trinajstić information content (AvgIpc) is 2.81. The van der Waals surface area contributed by atoms with Gasteiger partial charge in [-0.2, -0.15) is 0 Å². The predicted molar refractivity (Wildman–Crippen MR) is 138 cm³/mol. The summed E-state index contributed by atoms with van der Waals surface area (Å²) in [6.07, 6.45) is 1.48. The molecule has 1 N–H and O–H groups in total. The van der Waals surface area contributed by atoms with Crippen LogP contribution in [0.15, 0.2) is 66.7 Å². The highest BCUT2D eigenvalue weighted by Gasteiger charge is 2.30. The van der Waals surface area contributed by atoms with Crippen molar-refractivity contribution in [2.75, 3.05) is 7.11 Å². The highest BCUT2D eigenvalue weighted by Crippen LogP contribution is 2.22. The fourth-order valence-corrected chi connectivity index (χ4v) is 4.24. The van der Waals surface area contributed by atoms with Crippen LogP contribution < -0.4 is 10.1 Å². The fourth-order valence-electron chi connectivity index (χ4n) is 4.24. The van der Waals surface area contributed by atoms with Gasteiger partial charge in [-0.3, -0.25) is 9.59 Å². The Morgan fingerprint density at radius 2 is 1.71 bits per heavy atom. The monoisotopic (exact) mass is 460 g/mol. The quantitative estimate of drug-likeness (QED) is 0.458. The topological polar surface area (TPSA) is 58.6 Å². The molecule has 0 aromatic heterocycles. The molecule has 0 fully saturated rings. The second-order valence-electron chi connectivity index (χ2n) is 9.67. The Morgan fingerprint density at radius 1 is 1.00 bits per heavy atom. The normalized spacial score (nSPS) is 12.3. The minimum atomic E-state index is -0.551. The van der Waals surface area contributed by atoms with Crippen molar-refractivity contribution >= 4 is 22.6 Å². The molecule has 0 aliphatic heterocycles. The number of rotatable bonds is 9. The molecule has 5 heteroatoms. The third-order valence-corrected chi connectivity index (χ3v) is 5.86. The number of carbonyl (C=O) groups is 2. The van der Waals surface area contributed by atoms with Crippen LogP contribution in [0.25, 0.3) is 10.8 Å². The van der Waals surface area contributed by atoms with Crippen molar-refractivity contribution in [3.8, 4) is 5.75 Å². The number of methoxy groups -OCH3 is 1. The van der Waals surface area contributed by atoms with Crippen molar-refractivity contribution in [1.29, 1.82) is 0 Å². The van der Waals surface area contributed by atoms with E-state index in [4.69, 9.17) is 4.74 Å². The molecule has 2 amide bonds. The predicted octanol–water partition coefficient (Wildman–Crippen LogP) is 5.50. The van der Waals surface area contributed by atoms with Gasteiger partial charge in [-0.05, 0) is 67.6 Å². The summed E-state index contributed by atoms with van der Waals surface area (Å²) in [5, 5.41) is 5.38. The molecule has 3 rings (SSSR count). The van der Waals surface area contributed by atoms with Crippen molar-refractivity contribution in [3.63, 3.8) is 0 Å². The van der Waals surface area contributed by atoms with Crippen molar-refractivity contribution < 1.29 is 14.3 Å². The van der Waals surface area contributed by atoms with E-state index in [2.05, 4.69) is 29.6 Å². The van der Waals surface area contributed by atoms with Crippen LogP contribution in [-0.4, -0.2) is 35.4 Å². The van der Waals surface area contributed by atoms with E-state index >= 15 is 0 Å². The third-order valence-electron chi connectivity index (χ3n) is 5.86. The van der Waals surface area contributed by atoms with Gasteiger partial charge < -0.3 is 15.0 Å². The standard InChI is InChI=1S/C29H36N2O3/c1-6-26(28(33)30-29(2,3)4)31(20-21-11-9-15-24(19-21)34-5)27(32)18-17-23-14-10-13-22-12-7-8-16-25(22)23/h7-16,19,26H,6,17-18,20H2,1-5H3,(H,30,33)/t26-/m0/s1. The molecule has 0 saturated carbocycles. The highest BCUT2D eigenvalue weighted by atomic mass is 16.5. The Balaban J connectivity index is 1.86. The largest absolute Gasteiger partial charge is 0.497 e. The molecule has 34 heavy (non-hydrogen) atoms. The van der Waals surface area contributed by atoms with Gasteiger partial charge in [0, 0.05) is 18.5 Å². The van der Waals surface area contributed by atoms with E-state index < -0.39 is 6.04 Å². The molecule has 0 spiro atoms. The van der Waals surface area contributed by atoms with E-state index in [0.29, 0.717) is 25.8 Å². The van der Waals surface area contributed by atoms with Gasteiger partial charge in [0.05, 0.1) is 7.11 Å². The van der Waals surface area contributed by atoms with Crippen LogP contribution in [0.5, 0.6) is 5.75 Å². The molecule has 0 aliphatic carbocycles. The van der Waals surface area contributed by atoms with Gasteiger partial charge in [-0.1, -0.05) is 61.5 Å². The summed E-state index contributed by atoms with van der Waals surface area (Å²) in [6, 6.07) is 21.5. The van der Waals surface area contributed by atoms with E-state index in [1.165, 1.54) is 0 Å². The van der Waals surface area contributed by atoms with Gasteiger partial charge in [-0.25, -0.2) is 0 Å². The zero-order valence-corrected chi connectivity index (χ0v) is 20.9. The van der Waals surface area contributed by atoms with Gasteiger partial charge in [0.2, 0.25) is 11.8 Å². The maximum absolute atomic E-state index is 13.6. The Kier molecular flexibility index (Phi) is 8.32. The second-order valence-corrected chi connectivity index (χ2v) is 9.67. The van der Waals surface area contributed by atoms with Crippen molar-refractivity contribution in [3.05, 3.63) is 77.9 Å². The van der Waals surface area contributed by atoms with E-state index in [-0.39, 0.29) is 17.4 Å². The maximum atomic E-state index is 13.6. The number of aryl methyl sites for hydroxylation is 1. The van der Waals surface area contributed by atoms with Crippen LogP contribution >= 0.6 is 0 Å². The molecule has 0 heterocycles. The number of carbonyl (C=O) groups excluding carboxylic acids is 2. The van der Waals surface area contributed by atoms with E-state index in [0.717, 1.165) is 27.6 Å². The van der Waals surface area contributed by atoms with Crippen molar-refractivity contribution in [1.82, 2.24) is 10.2 Å². The second kappa shape index (κ2) is 11.2. The summed E-state index contributed by atoms with van der Waals surface area (Å²) in [7, 11) is 1.62. The molecular weight excluding hydrogens is 424 g/mol. The number of nitrogens with zero attached hydrogens (tertiary/aromatic N) is 1. The lowest BCUT2D eigenvalue weighted by Gasteiger charge is -2.33. The first-order valence-corrected chi connectivity index (χ1v) is 11.9. The van der Waals surface area contributed by atoms with Crippen LogP contribution in [0, 0.1) is 0 Å². The van der Waals surface area contributed by atoms with E-state index in [1.54, 1.807) is 12.0 Å².